The van der Waals surface area contributed by atoms with Gasteiger partial charge in [-0.15, -0.1) is 0 Å². The molecule has 0 aliphatic heterocycles. The van der Waals surface area contributed by atoms with Crippen LogP contribution in [0.15, 0.2) is 48.5 Å². The largest absolute Gasteiger partial charge is 0.491 e. The summed E-state index contributed by atoms with van der Waals surface area (Å²) in [6.07, 6.45) is 0.0462. The number of hydrogen-bond donors (Lipinski definition) is 1. The van der Waals surface area contributed by atoms with Gasteiger partial charge in [0.1, 0.15) is 5.75 Å². The minimum Gasteiger partial charge on any atom is -0.491 e. The summed E-state index contributed by atoms with van der Waals surface area (Å²) in [7, 11) is -1.83. The molecular formula is C19H24N2O4S. The number of carbonyl (C=O) groups is 1. The highest BCUT2D eigenvalue weighted by molar-refractivity contribution is 7.92. The van der Waals surface area contributed by atoms with Gasteiger partial charge >= 0.3 is 0 Å². The van der Waals surface area contributed by atoms with Crippen LogP contribution in [-0.4, -0.2) is 33.2 Å². The van der Waals surface area contributed by atoms with E-state index in [-0.39, 0.29) is 17.8 Å². The molecule has 0 aliphatic carbocycles. The van der Waals surface area contributed by atoms with Gasteiger partial charge in [0.25, 0.3) is 5.91 Å². The first-order chi connectivity index (χ1) is 12.2. The van der Waals surface area contributed by atoms with E-state index in [2.05, 4.69) is 5.32 Å². The first-order valence-electron chi connectivity index (χ1n) is 8.37. The van der Waals surface area contributed by atoms with Crippen LogP contribution in [0.3, 0.4) is 0 Å². The lowest BCUT2D eigenvalue weighted by atomic mass is 10.2. The van der Waals surface area contributed by atoms with E-state index in [1.807, 2.05) is 19.9 Å². The molecule has 0 aliphatic rings. The molecule has 0 saturated heterocycles. The molecule has 0 fully saturated rings. The monoisotopic (exact) mass is 376 g/mol. The van der Waals surface area contributed by atoms with Crippen LogP contribution in [0.2, 0.25) is 0 Å². The molecule has 0 aromatic heterocycles. The molecular weight excluding hydrogens is 352 g/mol. The molecule has 140 valence electrons. The van der Waals surface area contributed by atoms with Crippen molar-refractivity contribution in [2.24, 2.45) is 0 Å². The van der Waals surface area contributed by atoms with E-state index in [9.17, 15) is 13.2 Å². The van der Waals surface area contributed by atoms with Crippen molar-refractivity contribution >= 4 is 27.3 Å². The van der Waals surface area contributed by atoms with Crippen LogP contribution in [0.1, 0.15) is 31.1 Å². The maximum absolute atomic E-state index is 12.4. The SMILES string of the molecule is CCS(=O)(=O)N(C)c1ccc(C(=O)Nc2cccc(OC(C)C)c2)cc1. The van der Waals surface area contributed by atoms with Crippen molar-refractivity contribution < 1.29 is 17.9 Å². The van der Waals surface area contributed by atoms with Gasteiger partial charge in [-0.2, -0.15) is 0 Å². The molecule has 2 aromatic carbocycles. The third-order valence-electron chi connectivity index (χ3n) is 3.74. The predicted molar refractivity (Wildman–Crippen MR) is 104 cm³/mol. The number of nitrogens with zero attached hydrogens (tertiary/aromatic N) is 1. The first-order valence-corrected chi connectivity index (χ1v) is 9.98. The maximum atomic E-state index is 12.4. The Morgan fingerprint density at radius 3 is 2.38 bits per heavy atom. The van der Waals surface area contributed by atoms with Gasteiger partial charge < -0.3 is 10.1 Å². The van der Waals surface area contributed by atoms with E-state index < -0.39 is 10.0 Å². The minimum atomic E-state index is -3.33. The Hall–Kier alpha value is -2.54. The van der Waals surface area contributed by atoms with Crippen LogP contribution in [0, 0.1) is 0 Å². The summed E-state index contributed by atoms with van der Waals surface area (Å²) in [6.45, 7) is 5.45. The molecule has 1 N–H and O–H groups in total. The molecule has 1 amide bonds. The Kier molecular flexibility index (Phi) is 6.26. The average molecular weight is 376 g/mol. The van der Waals surface area contributed by atoms with E-state index in [4.69, 9.17) is 4.74 Å². The van der Waals surface area contributed by atoms with Crippen LogP contribution in [0.4, 0.5) is 11.4 Å². The number of benzene rings is 2. The number of amides is 1. The fraction of sp³-hybridized carbons (Fsp3) is 0.316. The zero-order chi connectivity index (χ0) is 19.3. The molecule has 26 heavy (non-hydrogen) atoms. The number of sulfonamides is 1. The lowest BCUT2D eigenvalue weighted by Gasteiger charge is -2.18. The Morgan fingerprint density at radius 2 is 1.81 bits per heavy atom. The second-order valence-electron chi connectivity index (χ2n) is 6.06. The summed E-state index contributed by atoms with van der Waals surface area (Å²) in [5.74, 6) is 0.416. The Balaban J connectivity index is 2.11. The van der Waals surface area contributed by atoms with Crippen molar-refractivity contribution in [2.45, 2.75) is 26.9 Å². The number of ether oxygens (including phenoxy) is 1. The Bertz CT molecular complexity index is 861. The highest BCUT2D eigenvalue weighted by Crippen LogP contribution is 2.21. The first kappa shape index (κ1) is 19.8. The van der Waals surface area contributed by atoms with Crippen LogP contribution in [-0.2, 0) is 10.0 Å². The van der Waals surface area contributed by atoms with E-state index in [1.165, 1.54) is 11.4 Å². The molecule has 0 atom stereocenters. The minimum absolute atomic E-state index is 0.0144. The number of carbonyl (C=O) groups excluding carboxylic acids is 1. The summed E-state index contributed by atoms with van der Waals surface area (Å²) in [4.78, 5) is 12.4. The molecule has 0 saturated carbocycles. The van der Waals surface area contributed by atoms with Crippen molar-refractivity contribution in [2.75, 3.05) is 22.4 Å². The van der Waals surface area contributed by atoms with Crippen LogP contribution in [0.25, 0.3) is 0 Å². The second kappa shape index (κ2) is 8.23. The lowest BCUT2D eigenvalue weighted by Crippen LogP contribution is -2.28. The van der Waals surface area contributed by atoms with Crippen LogP contribution in [0.5, 0.6) is 5.75 Å². The Labute approximate surface area is 154 Å². The van der Waals surface area contributed by atoms with Crippen molar-refractivity contribution in [1.29, 1.82) is 0 Å². The quantitative estimate of drug-likeness (QED) is 0.802. The summed E-state index contributed by atoms with van der Waals surface area (Å²) < 4.78 is 30.6. The average Bonchev–Trinajstić information content (AvgIpc) is 2.61. The van der Waals surface area contributed by atoms with Gasteiger partial charge in [0.2, 0.25) is 10.0 Å². The third kappa shape index (κ3) is 4.98. The zero-order valence-corrected chi connectivity index (χ0v) is 16.2. The highest BCUT2D eigenvalue weighted by atomic mass is 32.2. The topological polar surface area (TPSA) is 75.7 Å². The van der Waals surface area contributed by atoms with Crippen LogP contribution >= 0.6 is 0 Å². The molecule has 0 radical (unpaired) electrons. The molecule has 7 heteroatoms. The number of anilines is 2. The molecule has 6 nitrogen and oxygen atoms in total. The van der Waals surface area contributed by atoms with Crippen molar-refractivity contribution in [1.82, 2.24) is 0 Å². The van der Waals surface area contributed by atoms with E-state index in [1.54, 1.807) is 49.4 Å². The molecule has 0 bridgehead atoms. The summed E-state index contributed by atoms with van der Waals surface area (Å²) in [5, 5.41) is 2.81. The number of hydrogen-bond acceptors (Lipinski definition) is 4. The smallest absolute Gasteiger partial charge is 0.255 e. The van der Waals surface area contributed by atoms with Gasteiger partial charge in [-0.3, -0.25) is 9.10 Å². The van der Waals surface area contributed by atoms with E-state index in [0.717, 1.165) is 0 Å². The molecule has 0 unspecified atom stereocenters. The summed E-state index contributed by atoms with van der Waals surface area (Å²) in [6, 6.07) is 13.6. The zero-order valence-electron chi connectivity index (χ0n) is 15.4. The van der Waals surface area contributed by atoms with Gasteiger partial charge in [-0.05, 0) is 57.2 Å². The predicted octanol–water partition coefficient (Wildman–Crippen LogP) is 3.51. The molecule has 2 rings (SSSR count). The lowest BCUT2D eigenvalue weighted by molar-refractivity contribution is 0.102. The Morgan fingerprint density at radius 1 is 1.15 bits per heavy atom. The third-order valence-corrected chi connectivity index (χ3v) is 5.51. The number of rotatable bonds is 7. The van der Waals surface area contributed by atoms with Crippen molar-refractivity contribution in [3.63, 3.8) is 0 Å². The standard InChI is InChI=1S/C19H24N2O4S/c1-5-26(23,24)21(4)17-11-9-15(10-12-17)19(22)20-16-7-6-8-18(13-16)25-14(2)3/h6-14H,5H2,1-4H3,(H,20,22). The van der Waals surface area contributed by atoms with E-state index >= 15 is 0 Å². The molecule has 0 spiro atoms. The molecule has 0 heterocycles. The summed E-state index contributed by atoms with van der Waals surface area (Å²) >= 11 is 0. The second-order valence-corrected chi connectivity index (χ2v) is 8.35. The maximum Gasteiger partial charge on any atom is 0.255 e. The number of nitrogens with one attached hydrogen (secondary N) is 1. The van der Waals surface area contributed by atoms with Gasteiger partial charge in [-0.1, -0.05) is 6.07 Å². The molecule has 2 aromatic rings. The fourth-order valence-corrected chi connectivity index (χ4v) is 3.13. The van der Waals surface area contributed by atoms with Crippen molar-refractivity contribution in [3.05, 3.63) is 54.1 Å². The van der Waals surface area contributed by atoms with Crippen molar-refractivity contribution in [3.8, 4) is 5.75 Å². The van der Waals surface area contributed by atoms with Gasteiger partial charge in [0, 0.05) is 24.4 Å². The van der Waals surface area contributed by atoms with Gasteiger partial charge in [0.05, 0.1) is 17.5 Å². The van der Waals surface area contributed by atoms with E-state index in [0.29, 0.717) is 22.7 Å². The van der Waals surface area contributed by atoms with Gasteiger partial charge in [-0.25, -0.2) is 8.42 Å². The summed E-state index contributed by atoms with van der Waals surface area (Å²) in [5.41, 5.74) is 1.57. The van der Waals surface area contributed by atoms with Gasteiger partial charge in [0.15, 0.2) is 0 Å². The fourth-order valence-electron chi connectivity index (χ4n) is 2.30. The normalized spacial score (nSPS) is 11.3. The van der Waals surface area contributed by atoms with Crippen LogP contribution < -0.4 is 14.4 Å². The highest BCUT2D eigenvalue weighted by Gasteiger charge is 2.16.